The van der Waals surface area contributed by atoms with E-state index in [1.54, 1.807) is 12.1 Å². The molecule has 0 saturated carbocycles. The third-order valence-corrected chi connectivity index (χ3v) is 2.11. The van der Waals surface area contributed by atoms with Gasteiger partial charge in [-0.15, -0.1) is 0 Å². The zero-order valence-corrected chi connectivity index (χ0v) is 8.51. The third kappa shape index (κ3) is 2.46. The summed E-state index contributed by atoms with van der Waals surface area (Å²) in [5, 5.41) is 17.9. The Hall–Kier alpha value is -1.07. The first kappa shape index (κ1) is 11.0. The van der Waals surface area contributed by atoms with Gasteiger partial charge in [-0.3, -0.25) is 0 Å². The smallest absolute Gasteiger partial charge is 0.422 e. The van der Waals surface area contributed by atoms with Gasteiger partial charge in [0, 0.05) is 13.1 Å². The maximum absolute atomic E-state index is 8.95. The van der Waals surface area contributed by atoms with E-state index in [0.29, 0.717) is 0 Å². The molecule has 0 aromatic carbocycles. The fourth-order valence-electron chi connectivity index (χ4n) is 1.31. The fourth-order valence-corrected chi connectivity index (χ4v) is 1.31. The summed E-state index contributed by atoms with van der Waals surface area (Å²) in [6.07, 6.45) is 0. The van der Waals surface area contributed by atoms with Crippen molar-refractivity contribution in [1.82, 2.24) is 4.98 Å². The van der Waals surface area contributed by atoms with Crippen LogP contribution in [-0.2, 0) is 0 Å². The Kier molecular flexibility index (Phi) is 3.91. The number of anilines is 1. The summed E-state index contributed by atoms with van der Waals surface area (Å²) in [5.41, 5.74) is 0.286. The van der Waals surface area contributed by atoms with Gasteiger partial charge >= 0.3 is 7.12 Å². The molecule has 0 spiro atoms. The van der Waals surface area contributed by atoms with Crippen molar-refractivity contribution in [3.05, 3.63) is 18.2 Å². The van der Waals surface area contributed by atoms with Crippen LogP contribution in [0.1, 0.15) is 13.8 Å². The monoisotopic (exact) mass is 194 g/mol. The van der Waals surface area contributed by atoms with Crippen molar-refractivity contribution >= 4 is 18.5 Å². The normalized spacial score (nSPS) is 10.0. The fraction of sp³-hybridized carbons (Fsp3) is 0.444. The average Bonchev–Trinajstić information content (AvgIpc) is 2.20. The Balaban J connectivity index is 2.92. The van der Waals surface area contributed by atoms with Gasteiger partial charge in [0.2, 0.25) is 0 Å². The van der Waals surface area contributed by atoms with Crippen LogP contribution in [0.25, 0.3) is 0 Å². The number of rotatable bonds is 4. The molecule has 0 aliphatic heterocycles. The van der Waals surface area contributed by atoms with Gasteiger partial charge in [-0.2, -0.15) is 0 Å². The van der Waals surface area contributed by atoms with Crippen molar-refractivity contribution in [1.29, 1.82) is 0 Å². The summed E-state index contributed by atoms with van der Waals surface area (Å²) in [4.78, 5) is 6.19. The molecule has 76 valence electrons. The summed E-state index contributed by atoms with van der Waals surface area (Å²) in [5.74, 6) is 0.778. The van der Waals surface area contributed by atoms with Crippen LogP contribution in [0.2, 0.25) is 0 Å². The van der Waals surface area contributed by atoms with Gasteiger partial charge < -0.3 is 14.9 Å². The van der Waals surface area contributed by atoms with Crippen molar-refractivity contribution in [2.45, 2.75) is 13.8 Å². The van der Waals surface area contributed by atoms with Gasteiger partial charge in [0.1, 0.15) is 5.82 Å². The van der Waals surface area contributed by atoms with E-state index in [1.807, 2.05) is 24.8 Å². The highest BCUT2D eigenvalue weighted by Crippen LogP contribution is 2.06. The molecule has 0 fully saturated rings. The Labute approximate surface area is 84.4 Å². The highest BCUT2D eigenvalue weighted by atomic mass is 16.4. The predicted molar refractivity (Wildman–Crippen MR) is 57.6 cm³/mol. The highest BCUT2D eigenvalue weighted by molar-refractivity contribution is 6.57. The van der Waals surface area contributed by atoms with Gasteiger partial charge in [0.05, 0.1) is 5.59 Å². The molecule has 1 heterocycles. The first-order valence-electron chi connectivity index (χ1n) is 4.77. The number of aromatic nitrogens is 1. The third-order valence-electron chi connectivity index (χ3n) is 2.11. The van der Waals surface area contributed by atoms with Crippen LogP contribution in [0.4, 0.5) is 5.82 Å². The molecule has 2 N–H and O–H groups in total. The van der Waals surface area contributed by atoms with Crippen molar-refractivity contribution in [2.24, 2.45) is 0 Å². The quantitative estimate of drug-likeness (QED) is 0.640. The van der Waals surface area contributed by atoms with Crippen molar-refractivity contribution in [3.63, 3.8) is 0 Å². The minimum atomic E-state index is -1.49. The first-order valence-corrected chi connectivity index (χ1v) is 4.77. The van der Waals surface area contributed by atoms with Crippen molar-refractivity contribution in [2.75, 3.05) is 18.0 Å². The van der Waals surface area contributed by atoms with Crippen LogP contribution in [0.3, 0.4) is 0 Å². The van der Waals surface area contributed by atoms with E-state index in [0.717, 1.165) is 18.9 Å². The summed E-state index contributed by atoms with van der Waals surface area (Å²) < 4.78 is 0. The van der Waals surface area contributed by atoms with Crippen LogP contribution < -0.4 is 10.5 Å². The molecule has 0 radical (unpaired) electrons. The van der Waals surface area contributed by atoms with E-state index in [4.69, 9.17) is 10.0 Å². The van der Waals surface area contributed by atoms with Gasteiger partial charge in [0.15, 0.2) is 0 Å². The Morgan fingerprint density at radius 3 is 2.43 bits per heavy atom. The van der Waals surface area contributed by atoms with Crippen molar-refractivity contribution in [3.8, 4) is 0 Å². The minimum absolute atomic E-state index is 0.286. The standard InChI is InChI=1S/C9H15BN2O2/c1-3-12(4-2)9-7-5-6-8(11-9)10(13)14/h5-7,13-14H,3-4H2,1-2H3. The summed E-state index contributed by atoms with van der Waals surface area (Å²) in [6.45, 7) is 5.78. The lowest BCUT2D eigenvalue weighted by Gasteiger charge is -2.20. The molecule has 1 aromatic rings. The van der Waals surface area contributed by atoms with Gasteiger partial charge in [-0.25, -0.2) is 4.98 Å². The van der Waals surface area contributed by atoms with Gasteiger partial charge in [-0.05, 0) is 26.0 Å². The van der Waals surface area contributed by atoms with Crippen LogP contribution in [-0.4, -0.2) is 35.2 Å². The Morgan fingerprint density at radius 2 is 1.93 bits per heavy atom. The molecule has 0 aliphatic carbocycles. The number of hydrogen-bond acceptors (Lipinski definition) is 4. The lowest BCUT2D eigenvalue weighted by Crippen LogP contribution is -2.34. The molecule has 14 heavy (non-hydrogen) atoms. The minimum Gasteiger partial charge on any atom is -0.422 e. The van der Waals surface area contributed by atoms with E-state index in [-0.39, 0.29) is 5.59 Å². The summed E-state index contributed by atoms with van der Waals surface area (Å²) in [7, 11) is -1.49. The van der Waals surface area contributed by atoms with Crippen LogP contribution in [0.5, 0.6) is 0 Å². The predicted octanol–water partition coefficient (Wildman–Crippen LogP) is -0.392. The van der Waals surface area contributed by atoms with Crippen LogP contribution in [0, 0.1) is 0 Å². The Morgan fingerprint density at radius 1 is 1.29 bits per heavy atom. The van der Waals surface area contributed by atoms with E-state index >= 15 is 0 Å². The van der Waals surface area contributed by atoms with Gasteiger partial charge in [0.25, 0.3) is 0 Å². The molecule has 0 amide bonds. The highest BCUT2D eigenvalue weighted by Gasteiger charge is 2.13. The molecule has 5 heteroatoms. The maximum Gasteiger partial charge on any atom is 0.508 e. The molecular weight excluding hydrogens is 179 g/mol. The molecular formula is C9H15BN2O2. The number of nitrogens with zero attached hydrogens (tertiary/aromatic N) is 2. The average molecular weight is 194 g/mol. The topological polar surface area (TPSA) is 56.6 Å². The van der Waals surface area contributed by atoms with Crippen LogP contribution >= 0.6 is 0 Å². The number of hydrogen-bond donors (Lipinski definition) is 2. The van der Waals surface area contributed by atoms with E-state index in [2.05, 4.69) is 4.98 Å². The molecule has 1 rings (SSSR count). The molecule has 0 atom stereocenters. The lowest BCUT2D eigenvalue weighted by molar-refractivity contribution is 0.424. The summed E-state index contributed by atoms with van der Waals surface area (Å²) in [6, 6.07) is 5.23. The molecule has 0 saturated heterocycles. The Bertz CT molecular complexity index is 290. The molecule has 4 nitrogen and oxygen atoms in total. The zero-order valence-electron chi connectivity index (χ0n) is 8.51. The van der Waals surface area contributed by atoms with Crippen molar-refractivity contribution < 1.29 is 10.0 Å². The van der Waals surface area contributed by atoms with Gasteiger partial charge in [-0.1, -0.05) is 6.07 Å². The zero-order chi connectivity index (χ0) is 10.6. The van der Waals surface area contributed by atoms with E-state index in [9.17, 15) is 0 Å². The molecule has 0 unspecified atom stereocenters. The van der Waals surface area contributed by atoms with E-state index < -0.39 is 7.12 Å². The lowest BCUT2D eigenvalue weighted by atomic mass is 9.86. The molecule has 1 aromatic heterocycles. The largest absolute Gasteiger partial charge is 0.508 e. The second-order valence-corrected chi connectivity index (χ2v) is 2.97. The second-order valence-electron chi connectivity index (χ2n) is 2.97. The first-order chi connectivity index (χ1) is 6.69. The molecule has 0 aliphatic rings. The molecule has 0 bridgehead atoms. The number of pyridine rings is 1. The SMILES string of the molecule is CCN(CC)c1cccc(B(O)O)n1. The van der Waals surface area contributed by atoms with E-state index in [1.165, 1.54) is 0 Å². The summed E-state index contributed by atoms with van der Waals surface area (Å²) >= 11 is 0. The second kappa shape index (κ2) is 4.98. The van der Waals surface area contributed by atoms with Crippen LogP contribution in [0.15, 0.2) is 18.2 Å². The maximum atomic E-state index is 8.95.